The number of hydrogen-bond donors (Lipinski definition) is 1. The third kappa shape index (κ3) is 4.14. The van der Waals surface area contributed by atoms with Gasteiger partial charge in [-0.25, -0.2) is 0 Å². The maximum Gasteiger partial charge on any atom is 0.223 e. The summed E-state index contributed by atoms with van der Waals surface area (Å²) in [6, 6.07) is 7.91. The van der Waals surface area contributed by atoms with E-state index in [1.807, 2.05) is 29.2 Å². The Morgan fingerprint density at radius 3 is 2.73 bits per heavy atom. The van der Waals surface area contributed by atoms with Gasteiger partial charge in [0.1, 0.15) is 5.75 Å². The Balaban J connectivity index is 0.00000242. The number of rotatable bonds is 5. The third-order valence-corrected chi connectivity index (χ3v) is 4.55. The van der Waals surface area contributed by atoms with Crippen molar-refractivity contribution in [3.8, 4) is 5.75 Å². The molecule has 1 aromatic carbocycles. The van der Waals surface area contributed by atoms with Crippen LogP contribution < -0.4 is 10.5 Å². The molecule has 0 aliphatic carbocycles. The zero-order valence-corrected chi connectivity index (χ0v) is 14.5. The predicted octanol–water partition coefficient (Wildman–Crippen LogP) is 2.81. The molecule has 0 radical (unpaired) electrons. The molecular formula is C17H27ClN2O2. The van der Waals surface area contributed by atoms with E-state index in [9.17, 15) is 4.79 Å². The predicted molar refractivity (Wildman–Crippen MR) is 91.6 cm³/mol. The van der Waals surface area contributed by atoms with Crippen LogP contribution in [0, 0.1) is 5.41 Å². The number of nitrogens with two attached hydrogens (primary N) is 1. The van der Waals surface area contributed by atoms with Crippen LogP contribution in [-0.4, -0.2) is 37.6 Å². The number of nitrogens with zero attached hydrogens (tertiary/aromatic N) is 1. The van der Waals surface area contributed by atoms with Gasteiger partial charge in [-0.1, -0.05) is 32.0 Å². The van der Waals surface area contributed by atoms with Gasteiger partial charge in [-0.3, -0.25) is 4.79 Å². The minimum atomic E-state index is 0. The summed E-state index contributed by atoms with van der Waals surface area (Å²) in [5.74, 6) is 1.22. The van der Waals surface area contributed by atoms with Crippen molar-refractivity contribution in [1.29, 1.82) is 0 Å². The molecule has 2 atom stereocenters. The lowest BCUT2D eigenvalue weighted by molar-refractivity contribution is -0.130. The molecule has 5 heteroatoms. The van der Waals surface area contributed by atoms with Crippen LogP contribution >= 0.6 is 12.4 Å². The fourth-order valence-electron chi connectivity index (χ4n) is 2.98. The maximum atomic E-state index is 12.5. The fraction of sp³-hybridized carbons (Fsp3) is 0.588. The maximum absolute atomic E-state index is 12.5. The van der Waals surface area contributed by atoms with Gasteiger partial charge in [-0.05, 0) is 35.9 Å². The van der Waals surface area contributed by atoms with E-state index in [-0.39, 0.29) is 29.6 Å². The zero-order chi connectivity index (χ0) is 15.5. The average Bonchev–Trinajstić information content (AvgIpc) is 2.90. The quantitative estimate of drug-likeness (QED) is 0.905. The summed E-state index contributed by atoms with van der Waals surface area (Å²) >= 11 is 0. The molecule has 0 aromatic heterocycles. The van der Waals surface area contributed by atoms with E-state index in [0.29, 0.717) is 13.0 Å². The Morgan fingerprint density at radius 2 is 2.14 bits per heavy atom. The summed E-state index contributed by atoms with van der Waals surface area (Å²) < 4.78 is 5.38. The highest BCUT2D eigenvalue weighted by Gasteiger charge is 2.35. The number of benzene rings is 1. The highest BCUT2D eigenvalue weighted by atomic mass is 35.5. The molecular weight excluding hydrogens is 300 g/mol. The molecule has 2 unspecified atom stereocenters. The first kappa shape index (κ1) is 18.8. The van der Waals surface area contributed by atoms with Crippen molar-refractivity contribution < 1.29 is 9.53 Å². The molecule has 4 nitrogen and oxygen atoms in total. The minimum Gasteiger partial charge on any atom is -0.496 e. The Bertz CT molecular complexity index is 509. The molecule has 1 aromatic rings. The molecule has 2 N–H and O–H groups in total. The molecule has 2 rings (SSSR count). The number of carbonyl (C=O) groups is 1. The van der Waals surface area contributed by atoms with E-state index in [0.717, 1.165) is 30.8 Å². The number of likely N-dealkylation sites (tertiary alicyclic amines) is 1. The highest BCUT2D eigenvalue weighted by molar-refractivity contribution is 5.85. The van der Waals surface area contributed by atoms with Gasteiger partial charge in [0.05, 0.1) is 7.11 Å². The molecule has 1 amide bonds. The van der Waals surface area contributed by atoms with Crippen molar-refractivity contribution in [3.63, 3.8) is 0 Å². The van der Waals surface area contributed by atoms with Crippen molar-refractivity contribution in [1.82, 2.24) is 4.90 Å². The summed E-state index contributed by atoms with van der Waals surface area (Å²) in [6.45, 7) is 6.48. The average molecular weight is 327 g/mol. The second-order valence-corrected chi connectivity index (χ2v) is 6.43. The van der Waals surface area contributed by atoms with E-state index in [2.05, 4.69) is 13.8 Å². The van der Waals surface area contributed by atoms with Crippen LogP contribution in [0.4, 0.5) is 0 Å². The van der Waals surface area contributed by atoms with E-state index >= 15 is 0 Å². The number of amides is 1. The first-order chi connectivity index (χ1) is 9.99. The van der Waals surface area contributed by atoms with Crippen molar-refractivity contribution in [2.45, 2.75) is 32.6 Å². The van der Waals surface area contributed by atoms with E-state index in [1.54, 1.807) is 7.11 Å². The lowest BCUT2D eigenvalue weighted by Gasteiger charge is -2.24. The van der Waals surface area contributed by atoms with Gasteiger partial charge in [0.2, 0.25) is 5.91 Å². The van der Waals surface area contributed by atoms with E-state index in [1.165, 1.54) is 0 Å². The number of ether oxygens (including phenoxy) is 1. The normalized spacial score (nSPS) is 22.1. The lowest BCUT2D eigenvalue weighted by atomic mass is 9.90. The number of hydrogen-bond acceptors (Lipinski definition) is 3. The van der Waals surface area contributed by atoms with Crippen LogP contribution in [0.3, 0.4) is 0 Å². The molecule has 0 spiro atoms. The van der Waals surface area contributed by atoms with Crippen molar-refractivity contribution in [3.05, 3.63) is 29.8 Å². The SMILES string of the molecule is COc1ccccc1C(C)CC(=O)N1CCC(C)(CN)C1.Cl. The van der Waals surface area contributed by atoms with Crippen molar-refractivity contribution in [2.75, 3.05) is 26.7 Å². The molecule has 1 heterocycles. The van der Waals surface area contributed by atoms with Gasteiger partial charge in [0.15, 0.2) is 0 Å². The smallest absolute Gasteiger partial charge is 0.223 e. The molecule has 1 aliphatic heterocycles. The van der Waals surface area contributed by atoms with Gasteiger partial charge in [0.25, 0.3) is 0 Å². The van der Waals surface area contributed by atoms with Crippen LogP contribution in [0.5, 0.6) is 5.75 Å². The van der Waals surface area contributed by atoms with E-state index in [4.69, 9.17) is 10.5 Å². The molecule has 0 bridgehead atoms. The topological polar surface area (TPSA) is 55.6 Å². The summed E-state index contributed by atoms with van der Waals surface area (Å²) in [4.78, 5) is 14.4. The number of para-hydroxylation sites is 1. The summed E-state index contributed by atoms with van der Waals surface area (Å²) in [7, 11) is 1.67. The van der Waals surface area contributed by atoms with E-state index < -0.39 is 0 Å². The Labute approximate surface area is 139 Å². The van der Waals surface area contributed by atoms with Gasteiger partial charge in [-0.2, -0.15) is 0 Å². The minimum absolute atomic E-state index is 0. The highest BCUT2D eigenvalue weighted by Crippen LogP contribution is 2.32. The zero-order valence-electron chi connectivity index (χ0n) is 13.7. The lowest BCUT2D eigenvalue weighted by Crippen LogP contribution is -2.34. The molecule has 124 valence electrons. The van der Waals surface area contributed by atoms with Crippen LogP contribution in [0.2, 0.25) is 0 Å². The largest absolute Gasteiger partial charge is 0.496 e. The van der Waals surface area contributed by atoms with Crippen molar-refractivity contribution >= 4 is 18.3 Å². The molecule has 1 aliphatic rings. The molecule has 1 fully saturated rings. The van der Waals surface area contributed by atoms with Crippen LogP contribution in [0.15, 0.2) is 24.3 Å². The molecule has 0 saturated carbocycles. The van der Waals surface area contributed by atoms with Crippen LogP contribution in [-0.2, 0) is 4.79 Å². The first-order valence-electron chi connectivity index (χ1n) is 7.60. The summed E-state index contributed by atoms with van der Waals surface area (Å²) in [5, 5.41) is 0. The standard InChI is InChI=1S/C17H26N2O2.ClH/c1-13(14-6-4-5-7-15(14)21-3)10-16(20)19-9-8-17(2,11-18)12-19;/h4-7,13H,8-12,18H2,1-3H3;1H. The molecule has 22 heavy (non-hydrogen) atoms. The summed E-state index contributed by atoms with van der Waals surface area (Å²) in [5.41, 5.74) is 6.98. The summed E-state index contributed by atoms with van der Waals surface area (Å²) in [6.07, 6.45) is 1.51. The van der Waals surface area contributed by atoms with Gasteiger partial charge >= 0.3 is 0 Å². The van der Waals surface area contributed by atoms with Gasteiger partial charge in [0, 0.05) is 19.5 Å². The Morgan fingerprint density at radius 1 is 1.45 bits per heavy atom. The molecule has 1 saturated heterocycles. The number of methoxy groups -OCH3 is 1. The van der Waals surface area contributed by atoms with Crippen molar-refractivity contribution in [2.24, 2.45) is 11.1 Å². The van der Waals surface area contributed by atoms with Crippen LogP contribution in [0.25, 0.3) is 0 Å². The monoisotopic (exact) mass is 326 g/mol. The third-order valence-electron chi connectivity index (χ3n) is 4.55. The second kappa shape index (κ2) is 7.84. The first-order valence-corrected chi connectivity index (χ1v) is 7.60. The Hall–Kier alpha value is -1.26. The van der Waals surface area contributed by atoms with Crippen LogP contribution in [0.1, 0.15) is 38.2 Å². The Kier molecular flexibility index (Phi) is 6.69. The van der Waals surface area contributed by atoms with Gasteiger partial charge in [-0.15, -0.1) is 12.4 Å². The number of carbonyl (C=O) groups excluding carboxylic acids is 1. The second-order valence-electron chi connectivity index (χ2n) is 6.43. The van der Waals surface area contributed by atoms with Gasteiger partial charge < -0.3 is 15.4 Å². The number of halogens is 1. The fourth-order valence-corrected chi connectivity index (χ4v) is 2.98.